The largest absolute Gasteiger partial charge is 0.389 e. The lowest BCUT2D eigenvalue weighted by Crippen LogP contribution is -2.29. The lowest BCUT2D eigenvalue weighted by atomic mass is 10.1. The lowest BCUT2D eigenvalue weighted by Gasteiger charge is -2.17. The highest BCUT2D eigenvalue weighted by Crippen LogP contribution is 2.24. The number of nitrogens with zero attached hydrogens (tertiary/aromatic N) is 1. The van der Waals surface area contributed by atoms with E-state index >= 15 is 0 Å². The first-order chi connectivity index (χ1) is 9.45. The van der Waals surface area contributed by atoms with E-state index in [2.05, 4.69) is 0 Å². The maximum atomic E-state index is 12.6. The fraction of sp³-hybridized carbons (Fsp3) is 0.462. The van der Waals surface area contributed by atoms with Crippen molar-refractivity contribution >= 4 is 27.2 Å². The van der Waals surface area contributed by atoms with Crippen molar-refractivity contribution in [2.24, 2.45) is 11.7 Å². The Balaban J connectivity index is 2.23. The van der Waals surface area contributed by atoms with Gasteiger partial charge in [0.25, 0.3) is 0 Å². The second kappa shape index (κ2) is 6.17. The molecule has 1 aliphatic heterocycles. The smallest absolute Gasteiger partial charge is 0.243 e. The quantitative estimate of drug-likeness (QED) is 0.820. The van der Waals surface area contributed by atoms with Crippen molar-refractivity contribution in [3.05, 3.63) is 29.8 Å². The molecule has 2 N–H and O–H groups in total. The summed E-state index contributed by atoms with van der Waals surface area (Å²) in [6.07, 6.45) is 0.821. The molecule has 5 nitrogen and oxygen atoms in total. The van der Waals surface area contributed by atoms with Crippen LogP contribution in [0.3, 0.4) is 0 Å². The molecule has 0 radical (unpaired) electrons. The molecular weight excluding hydrogens is 296 g/mol. The number of ether oxygens (including phenoxy) is 1. The Bertz CT molecular complexity index is 601. The molecule has 1 unspecified atom stereocenters. The van der Waals surface area contributed by atoms with E-state index in [9.17, 15) is 8.42 Å². The summed E-state index contributed by atoms with van der Waals surface area (Å²) < 4.78 is 31.7. The number of hydrogen-bond donors (Lipinski definition) is 1. The van der Waals surface area contributed by atoms with Gasteiger partial charge in [0.2, 0.25) is 10.0 Å². The highest BCUT2D eigenvalue weighted by molar-refractivity contribution is 7.89. The predicted octanol–water partition coefficient (Wildman–Crippen LogP) is 0.978. The molecule has 0 bridgehead atoms. The monoisotopic (exact) mass is 314 g/mol. The van der Waals surface area contributed by atoms with E-state index in [-0.39, 0.29) is 15.8 Å². The summed E-state index contributed by atoms with van der Waals surface area (Å²) in [5.74, 6) is 0.258. The third kappa shape index (κ3) is 3.17. The number of thiocarbonyl (C=S) groups is 1. The van der Waals surface area contributed by atoms with Gasteiger partial charge < -0.3 is 10.5 Å². The van der Waals surface area contributed by atoms with E-state index in [1.807, 2.05) is 0 Å². The molecule has 0 aliphatic carbocycles. The van der Waals surface area contributed by atoms with E-state index in [0.717, 1.165) is 6.42 Å². The van der Waals surface area contributed by atoms with E-state index in [4.69, 9.17) is 22.7 Å². The van der Waals surface area contributed by atoms with Crippen molar-refractivity contribution in [1.82, 2.24) is 4.31 Å². The Morgan fingerprint density at radius 3 is 2.95 bits per heavy atom. The van der Waals surface area contributed by atoms with Gasteiger partial charge in [-0.3, -0.25) is 0 Å². The fourth-order valence-electron chi connectivity index (χ4n) is 2.35. The zero-order valence-corrected chi connectivity index (χ0v) is 12.9. The van der Waals surface area contributed by atoms with Crippen LogP contribution in [0.1, 0.15) is 12.0 Å². The molecule has 1 fully saturated rings. The van der Waals surface area contributed by atoms with Gasteiger partial charge in [0.05, 0.1) is 11.5 Å². The van der Waals surface area contributed by atoms with E-state index < -0.39 is 10.0 Å². The molecule has 1 aliphatic rings. The zero-order valence-electron chi connectivity index (χ0n) is 11.3. The minimum Gasteiger partial charge on any atom is -0.389 e. The van der Waals surface area contributed by atoms with Gasteiger partial charge in [-0.15, -0.1) is 0 Å². The number of rotatable bonds is 5. The topological polar surface area (TPSA) is 72.6 Å². The summed E-state index contributed by atoms with van der Waals surface area (Å²) in [5.41, 5.74) is 6.11. The van der Waals surface area contributed by atoms with Gasteiger partial charge in [-0.1, -0.05) is 24.4 Å². The Labute approximate surface area is 124 Å². The third-order valence-corrected chi connectivity index (χ3v) is 5.50. The summed E-state index contributed by atoms with van der Waals surface area (Å²) in [5, 5.41) is 0. The summed E-state index contributed by atoms with van der Waals surface area (Å²) >= 11 is 4.89. The van der Waals surface area contributed by atoms with Crippen LogP contribution in [0.5, 0.6) is 0 Å². The maximum Gasteiger partial charge on any atom is 0.243 e. The Kier molecular flexibility index (Phi) is 4.74. The van der Waals surface area contributed by atoms with Crippen molar-refractivity contribution in [2.75, 3.05) is 26.8 Å². The van der Waals surface area contributed by atoms with Crippen LogP contribution in [-0.2, 0) is 14.8 Å². The predicted molar refractivity (Wildman–Crippen MR) is 81.1 cm³/mol. The Morgan fingerprint density at radius 1 is 1.55 bits per heavy atom. The zero-order chi connectivity index (χ0) is 14.8. The molecule has 110 valence electrons. The van der Waals surface area contributed by atoms with Crippen LogP contribution in [0.2, 0.25) is 0 Å². The summed E-state index contributed by atoms with van der Waals surface area (Å²) in [7, 11) is -1.86. The second-order valence-corrected chi connectivity index (χ2v) is 7.24. The molecule has 1 aromatic rings. The minimum absolute atomic E-state index is 0.195. The highest BCUT2D eigenvalue weighted by atomic mass is 32.2. The van der Waals surface area contributed by atoms with E-state index in [0.29, 0.717) is 25.3 Å². The van der Waals surface area contributed by atoms with Crippen LogP contribution in [0.25, 0.3) is 0 Å². The summed E-state index contributed by atoms with van der Waals surface area (Å²) in [4.78, 5) is 0.432. The van der Waals surface area contributed by atoms with Gasteiger partial charge in [-0.2, -0.15) is 4.31 Å². The Morgan fingerprint density at radius 2 is 2.30 bits per heavy atom. The van der Waals surface area contributed by atoms with Gasteiger partial charge >= 0.3 is 0 Å². The molecular formula is C13H18N2O3S2. The molecule has 0 spiro atoms. The number of hydrogen-bond acceptors (Lipinski definition) is 4. The SMILES string of the molecule is COCC1CCN(S(=O)(=O)c2cccc(C(N)=S)c2)C1. The van der Waals surface area contributed by atoms with Crippen LogP contribution < -0.4 is 5.73 Å². The second-order valence-electron chi connectivity index (χ2n) is 4.87. The average molecular weight is 314 g/mol. The first-order valence-corrected chi connectivity index (χ1v) is 8.19. The minimum atomic E-state index is -3.48. The highest BCUT2D eigenvalue weighted by Gasteiger charge is 2.32. The van der Waals surface area contributed by atoms with Gasteiger partial charge in [0.1, 0.15) is 4.99 Å². The maximum absolute atomic E-state index is 12.6. The van der Waals surface area contributed by atoms with Crippen LogP contribution >= 0.6 is 12.2 Å². The van der Waals surface area contributed by atoms with Gasteiger partial charge in [0, 0.05) is 25.8 Å². The van der Waals surface area contributed by atoms with Crippen molar-refractivity contribution < 1.29 is 13.2 Å². The molecule has 0 amide bonds. The number of benzene rings is 1. The first kappa shape index (κ1) is 15.4. The van der Waals surface area contributed by atoms with Gasteiger partial charge in [0.15, 0.2) is 0 Å². The number of sulfonamides is 1. The Hall–Kier alpha value is -1.02. The third-order valence-electron chi connectivity index (χ3n) is 3.41. The van der Waals surface area contributed by atoms with Crippen LogP contribution in [-0.4, -0.2) is 44.5 Å². The van der Waals surface area contributed by atoms with E-state index in [1.54, 1.807) is 25.3 Å². The van der Waals surface area contributed by atoms with Crippen LogP contribution in [0.4, 0.5) is 0 Å². The fourth-order valence-corrected chi connectivity index (χ4v) is 4.05. The molecule has 7 heteroatoms. The standard InChI is InChI=1S/C13H18N2O3S2/c1-18-9-10-5-6-15(8-10)20(16,17)12-4-2-3-11(7-12)13(14)19/h2-4,7,10H,5-6,8-9H2,1H3,(H2,14,19). The molecule has 20 heavy (non-hydrogen) atoms. The summed E-state index contributed by atoms with van der Waals surface area (Å²) in [6, 6.07) is 6.46. The normalized spacial score (nSPS) is 20.1. The molecule has 1 aromatic carbocycles. The lowest BCUT2D eigenvalue weighted by molar-refractivity contribution is 0.157. The van der Waals surface area contributed by atoms with Gasteiger partial charge in [-0.05, 0) is 24.5 Å². The molecule has 0 aromatic heterocycles. The van der Waals surface area contributed by atoms with Crippen molar-refractivity contribution in [2.45, 2.75) is 11.3 Å². The van der Waals surface area contributed by atoms with Crippen molar-refractivity contribution in [1.29, 1.82) is 0 Å². The van der Waals surface area contributed by atoms with Gasteiger partial charge in [-0.25, -0.2) is 8.42 Å². The molecule has 1 atom stereocenters. The number of nitrogens with two attached hydrogens (primary N) is 1. The summed E-state index contributed by atoms with van der Waals surface area (Å²) in [6.45, 7) is 1.60. The van der Waals surface area contributed by atoms with Crippen LogP contribution in [0, 0.1) is 5.92 Å². The molecule has 0 saturated carbocycles. The molecule has 1 heterocycles. The molecule has 2 rings (SSSR count). The van der Waals surface area contributed by atoms with Crippen LogP contribution in [0.15, 0.2) is 29.2 Å². The average Bonchev–Trinajstić information content (AvgIpc) is 2.88. The van der Waals surface area contributed by atoms with Crippen molar-refractivity contribution in [3.63, 3.8) is 0 Å². The van der Waals surface area contributed by atoms with Crippen molar-refractivity contribution in [3.8, 4) is 0 Å². The van der Waals surface area contributed by atoms with E-state index in [1.165, 1.54) is 10.4 Å². The first-order valence-electron chi connectivity index (χ1n) is 6.34. The number of methoxy groups -OCH3 is 1. The molecule has 1 saturated heterocycles.